The van der Waals surface area contributed by atoms with Gasteiger partial charge in [-0.1, -0.05) is 44.2 Å². The van der Waals surface area contributed by atoms with Crippen molar-refractivity contribution < 1.29 is 4.79 Å². The van der Waals surface area contributed by atoms with Crippen LogP contribution >= 0.6 is 0 Å². The molecule has 0 saturated heterocycles. The highest BCUT2D eigenvalue weighted by molar-refractivity contribution is 5.78. The van der Waals surface area contributed by atoms with Gasteiger partial charge < -0.3 is 10.6 Å². The first-order chi connectivity index (χ1) is 8.19. The summed E-state index contributed by atoms with van der Waals surface area (Å²) in [5.41, 5.74) is 6.72. The van der Waals surface area contributed by atoms with Crippen molar-refractivity contribution in [3.63, 3.8) is 0 Å². The molecule has 1 unspecified atom stereocenters. The van der Waals surface area contributed by atoms with Gasteiger partial charge in [-0.2, -0.15) is 0 Å². The van der Waals surface area contributed by atoms with E-state index in [0.29, 0.717) is 13.1 Å². The van der Waals surface area contributed by atoms with Gasteiger partial charge in [-0.15, -0.1) is 0 Å². The lowest BCUT2D eigenvalue weighted by atomic mass is 10.1. The monoisotopic (exact) mass is 234 g/mol. The second-order valence-electron chi connectivity index (χ2n) is 4.38. The molecule has 0 aliphatic carbocycles. The molecule has 0 heterocycles. The highest BCUT2D eigenvalue weighted by atomic mass is 16.2. The molecule has 0 radical (unpaired) electrons. The number of nitrogens with two attached hydrogens (primary N) is 1. The maximum absolute atomic E-state index is 12.1. The Hall–Kier alpha value is -1.35. The number of nitrogens with zero attached hydrogens (tertiary/aromatic N) is 1. The Kier molecular flexibility index (Phi) is 5.70. The number of hydrogen-bond donors (Lipinski definition) is 1. The van der Waals surface area contributed by atoms with Crippen LogP contribution in [-0.2, 0) is 11.3 Å². The van der Waals surface area contributed by atoms with Gasteiger partial charge >= 0.3 is 0 Å². The molecule has 1 aromatic rings. The Morgan fingerprint density at radius 1 is 1.35 bits per heavy atom. The summed E-state index contributed by atoms with van der Waals surface area (Å²) in [5.74, 6) is 0.0588. The van der Waals surface area contributed by atoms with Crippen LogP contribution in [0, 0.1) is 5.92 Å². The molecule has 0 fully saturated rings. The van der Waals surface area contributed by atoms with E-state index in [9.17, 15) is 4.79 Å². The summed E-state index contributed by atoms with van der Waals surface area (Å²) in [5, 5.41) is 0. The molecule has 1 amide bonds. The zero-order valence-electron chi connectivity index (χ0n) is 10.7. The maximum Gasteiger partial charge on any atom is 0.226 e. The quantitative estimate of drug-likeness (QED) is 0.818. The second-order valence-corrected chi connectivity index (χ2v) is 4.38. The normalized spacial score (nSPS) is 12.2. The van der Waals surface area contributed by atoms with Gasteiger partial charge in [-0.05, 0) is 12.0 Å². The standard InChI is InChI=1S/C14H22N2O/c1-3-9-16(14(17)12(2)10-15)11-13-7-5-4-6-8-13/h4-8,12H,3,9-11,15H2,1-2H3. The smallest absolute Gasteiger partial charge is 0.226 e. The summed E-state index contributed by atoms with van der Waals surface area (Å²) in [6.07, 6.45) is 0.968. The van der Waals surface area contributed by atoms with Crippen molar-refractivity contribution in [1.82, 2.24) is 4.90 Å². The average molecular weight is 234 g/mol. The Morgan fingerprint density at radius 2 is 2.00 bits per heavy atom. The molecule has 0 saturated carbocycles. The van der Waals surface area contributed by atoms with E-state index in [1.54, 1.807) is 0 Å². The van der Waals surface area contributed by atoms with Crippen molar-refractivity contribution in [3.8, 4) is 0 Å². The minimum Gasteiger partial charge on any atom is -0.338 e. The van der Waals surface area contributed by atoms with Crippen LogP contribution in [0.4, 0.5) is 0 Å². The molecular weight excluding hydrogens is 212 g/mol. The van der Waals surface area contributed by atoms with E-state index in [-0.39, 0.29) is 11.8 Å². The van der Waals surface area contributed by atoms with Gasteiger partial charge in [0, 0.05) is 25.6 Å². The number of rotatable bonds is 6. The molecule has 0 aliphatic heterocycles. The summed E-state index contributed by atoms with van der Waals surface area (Å²) >= 11 is 0. The lowest BCUT2D eigenvalue weighted by Crippen LogP contribution is -2.37. The van der Waals surface area contributed by atoms with Crippen LogP contribution in [0.5, 0.6) is 0 Å². The van der Waals surface area contributed by atoms with E-state index in [0.717, 1.165) is 13.0 Å². The minimum atomic E-state index is -0.0923. The van der Waals surface area contributed by atoms with Gasteiger partial charge in [0.15, 0.2) is 0 Å². The molecule has 3 nitrogen and oxygen atoms in total. The van der Waals surface area contributed by atoms with Gasteiger partial charge in [-0.3, -0.25) is 4.79 Å². The SMILES string of the molecule is CCCN(Cc1ccccc1)C(=O)C(C)CN. The topological polar surface area (TPSA) is 46.3 Å². The lowest BCUT2D eigenvalue weighted by Gasteiger charge is -2.25. The number of carbonyl (C=O) groups excluding carboxylic acids is 1. The number of carbonyl (C=O) groups is 1. The molecule has 94 valence electrons. The Labute approximate surface area is 104 Å². The highest BCUT2D eigenvalue weighted by Gasteiger charge is 2.18. The van der Waals surface area contributed by atoms with Crippen LogP contribution in [0.25, 0.3) is 0 Å². The number of benzene rings is 1. The first-order valence-electron chi connectivity index (χ1n) is 6.21. The largest absolute Gasteiger partial charge is 0.338 e. The first-order valence-corrected chi connectivity index (χ1v) is 6.21. The van der Waals surface area contributed by atoms with Crippen molar-refractivity contribution in [2.45, 2.75) is 26.8 Å². The van der Waals surface area contributed by atoms with Crippen molar-refractivity contribution in [3.05, 3.63) is 35.9 Å². The number of amides is 1. The predicted molar refractivity (Wildman–Crippen MR) is 70.4 cm³/mol. The Balaban J connectivity index is 2.69. The van der Waals surface area contributed by atoms with Gasteiger partial charge in [0.25, 0.3) is 0 Å². The maximum atomic E-state index is 12.1. The molecule has 1 aromatic carbocycles. The minimum absolute atomic E-state index is 0.0923. The van der Waals surface area contributed by atoms with E-state index in [2.05, 4.69) is 6.92 Å². The molecule has 3 heteroatoms. The van der Waals surface area contributed by atoms with Crippen molar-refractivity contribution in [1.29, 1.82) is 0 Å². The van der Waals surface area contributed by atoms with E-state index in [4.69, 9.17) is 5.73 Å². The van der Waals surface area contributed by atoms with E-state index >= 15 is 0 Å². The van der Waals surface area contributed by atoms with Crippen LogP contribution in [-0.4, -0.2) is 23.9 Å². The molecule has 2 N–H and O–H groups in total. The van der Waals surface area contributed by atoms with Gasteiger partial charge in [0.05, 0.1) is 0 Å². The molecule has 0 aromatic heterocycles. The Bertz CT molecular complexity index is 337. The Morgan fingerprint density at radius 3 is 2.53 bits per heavy atom. The summed E-state index contributed by atoms with van der Waals surface area (Å²) in [7, 11) is 0. The van der Waals surface area contributed by atoms with E-state index < -0.39 is 0 Å². The van der Waals surface area contributed by atoms with Crippen molar-refractivity contribution >= 4 is 5.91 Å². The highest BCUT2D eigenvalue weighted by Crippen LogP contribution is 2.09. The van der Waals surface area contributed by atoms with Gasteiger partial charge in [-0.25, -0.2) is 0 Å². The van der Waals surface area contributed by atoms with Crippen LogP contribution in [0.2, 0.25) is 0 Å². The van der Waals surface area contributed by atoms with Gasteiger partial charge in [0.1, 0.15) is 0 Å². The molecule has 1 atom stereocenters. The molecule has 0 aliphatic rings. The fourth-order valence-corrected chi connectivity index (χ4v) is 1.75. The summed E-state index contributed by atoms with van der Waals surface area (Å²) < 4.78 is 0. The third kappa shape index (κ3) is 4.19. The van der Waals surface area contributed by atoms with Crippen LogP contribution < -0.4 is 5.73 Å². The van der Waals surface area contributed by atoms with Crippen LogP contribution in [0.15, 0.2) is 30.3 Å². The average Bonchev–Trinajstić information content (AvgIpc) is 2.37. The third-order valence-electron chi connectivity index (χ3n) is 2.80. The van der Waals surface area contributed by atoms with Crippen molar-refractivity contribution in [2.75, 3.05) is 13.1 Å². The lowest BCUT2D eigenvalue weighted by molar-refractivity contribution is -0.135. The zero-order chi connectivity index (χ0) is 12.7. The molecule has 0 spiro atoms. The van der Waals surface area contributed by atoms with Gasteiger partial charge in [0.2, 0.25) is 5.91 Å². The fourth-order valence-electron chi connectivity index (χ4n) is 1.75. The van der Waals surface area contributed by atoms with E-state index in [1.807, 2.05) is 42.2 Å². The fraction of sp³-hybridized carbons (Fsp3) is 0.500. The second kappa shape index (κ2) is 7.07. The molecule has 17 heavy (non-hydrogen) atoms. The predicted octanol–water partition coefficient (Wildman–Crippen LogP) is 2.02. The molecule has 1 rings (SSSR count). The molecular formula is C14H22N2O. The molecule has 0 bridgehead atoms. The zero-order valence-corrected chi connectivity index (χ0v) is 10.7. The van der Waals surface area contributed by atoms with Crippen LogP contribution in [0.1, 0.15) is 25.8 Å². The summed E-state index contributed by atoms with van der Waals surface area (Å²) in [4.78, 5) is 14.0. The number of hydrogen-bond acceptors (Lipinski definition) is 2. The third-order valence-corrected chi connectivity index (χ3v) is 2.80. The van der Waals surface area contributed by atoms with Crippen LogP contribution in [0.3, 0.4) is 0 Å². The summed E-state index contributed by atoms with van der Waals surface area (Å²) in [6, 6.07) is 10.1. The summed E-state index contributed by atoms with van der Waals surface area (Å²) in [6.45, 7) is 5.85. The first kappa shape index (κ1) is 13.7. The van der Waals surface area contributed by atoms with Crippen molar-refractivity contribution in [2.24, 2.45) is 11.7 Å². The van der Waals surface area contributed by atoms with E-state index in [1.165, 1.54) is 5.56 Å².